The second kappa shape index (κ2) is 8.85. The molecule has 0 bridgehead atoms. The average Bonchev–Trinajstić information content (AvgIpc) is 2.47. The largest absolute Gasteiger partial charge is 0.357 e. The highest BCUT2D eigenvalue weighted by atomic mass is 35.5. The van der Waals surface area contributed by atoms with Crippen LogP contribution in [0.15, 0.2) is 18.3 Å². The molecule has 1 aromatic rings. The van der Waals surface area contributed by atoms with E-state index < -0.39 is 0 Å². The fourth-order valence-corrected chi connectivity index (χ4v) is 2.37. The zero-order chi connectivity index (χ0) is 14.4. The summed E-state index contributed by atoms with van der Waals surface area (Å²) in [5.74, 6) is 1.85. The smallest absolute Gasteiger partial charge is 0.221 e. The molecule has 3 N–H and O–H groups in total. The van der Waals surface area contributed by atoms with E-state index in [0.29, 0.717) is 19.5 Å². The van der Waals surface area contributed by atoms with Crippen molar-refractivity contribution < 1.29 is 4.79 Å². The molecule has 1 aromatic heterocycles. The highest BCUT2D eigenvalue weighted by Gasteiger charge is 2.16. The van der Waals surface area contributed by atoms with Crippen molar-refractivity contribution in [3.8, 4) is 0 Å². The first kappa shape index (κ1) is 17.7. The summed E-state index contributed by atoms with van der Waals surface area (Å²) < 4.78 is 0. The lowest BCUT2D eigenvalue weighted by molar-refractivity contribution is -0.121. The van der Waals surface area contributed by atoms with Crippen LogP contribution in [0, 0.1) is 5.92 Å². The number of pyridine rings is 1. The minimum absolute atomic E-state index is 0. The lowest BCUT2D eigenvalue weighted by atomic mass is 9.99. The maximum atomic E-state index is 11.3. The third kappa shape index (κ3) is 5.52. The van der Waals surface area contributed by atoms with Crippen LogP contribution in [0.25, 0.3) is 0 Å². The number of nitrogens with zero attached hydrogens (tertiary/aromatic N) is 2. The van der Waals surface area contributed by atoms with Crippen molar-refractivity contribution >= 4 is 24.1 Å². The molecule has 0 saturated carbocycles. The number of piperidine rings is 1. The van der Waals surface area contributed by atoms with Crippen LogP contribution in [0.2, 0.25) is 0 Å². The zero-order valence-corrected chi connectivity index (χ0v) is 13.4. The summed E-state index contributed by atoms with van der Waals surface area (Å²) in [4.78, 5) is 18.2. The van der Waals surface area contributed by atoms with E-state index in [9.17, 15) is 4.79 Å². The molecule has 2 rings (SSSR count). The molecule has 6 heteroatoms. The molecule has 0 aromatic carbocycles. The van der Waals surface area contributed by atoms with Gasteiger partial charge in [-0.3, -0.25) is 4.79 Å². The third-order valence-electron chi connectivity index (χ3n) is 3.78. The molecule has 1 saturated heterocycles. The number of aromatic nitrogens is 1. The van der Waals surface area contributed by atoms with Crippen LogP contribution in [0.5, 0.6) is 0 Å². The van der Waals surface area contributed by atoms with Crippen LogP contribution >= 0.6 is 12.4 Å². The van der Waals surface area contributed by atoms with Gasteiger partial charge in [0.1, 0.15) is 5.82 Å². The number of nitrogens with one attached hydrogen (secondary N) is 1. The van der Waals surface area contributed by atoms with Crippen molar-refractivity contribution in [1.82, 2.24) is 10.3 Å². The van der Waals surface area contributed by atoms with Gasteiger partial charge in [0.05, 0.1) is 0 Å². The van der Waals surface area contributed by atoms with Crippen LogP contribution in [0.4, 0.5) is 5.82 Å². The van der Waals surface area contributed by atoms with Gasteiger partial charge in [0.2, 0.25) is 5.91 Å². The molecule has 0 atom stereocenters. The normalized spacial score (nSPS) is 15.4. The predicted molar refractivity (Wildman–Crippen MR) is 87.6 cm³/mol. The number of hydrogen-bond acceptors (Lipinski definition) is 4. The maximum Gasteiger partial charge on any atom is 0.221 e. The minimum atomic E-state index is -0.0124. The Kier molecular flexibility index (Phi) is 7.47. The van der Waals surface area contributed by atoms with E-state index >= 15 is 0 Å². The summed E-state index contributed by atoms with van der Waals surface area (Å²) in [5.41, 5.74) is 6.35. The number of amides is 1. The summed E-state index contributed by atoms with van der Waals surface area (Å²) in [7, 11) is 0. The van der Waals surface area contributed by atoms with Gasteiger partial charge in [0, 0.05) is 38.8 Å². The van der Waals surface area contributed by atoms with Crippen LogP contribution in [-0.4, -0.2) is 30.5 Å². The van der Waals surface area contributed by atoms with Crippen molar-refractivity contribution in [1.29, 1.82) is 0 Å². The summed E-state index contributed by atoms with van der Waals surface area (Å²) in [6.07, 6.45) is 4.69. The fourth-order valence-electron chi connectivity index (χ4n) is 2.37. The second-order valence-corrected chi connectivity index (χ2v) is 5.51. The number of carbonyl (C=O) groups excluding carboxylic acids is 1. The van der Waals surface area contributed by atoms with Crippen molar-refractivity contribution in [2.24, 2.45) is 11.7 Å². The van der Waals surface area contributed by atoms with E-state index in [0.717, 1.165) is 30.4 Å². The van der Waals surface area contributed by atoms with E-state index in [2.05, 4.69) is 22.1 Å². The number of carbonyl (C=O) groups is 1. The monoisotopic (exact) mass is 312 g/mol. The van der Waals surface area contributed by atoms with E-state index in [1.54, 1.807) is 0 Å². The summed E-state index contributed by atoms with van der Waals surface area (Å²) in [6.45, 7) is 5.37. The van der Waals surface area contributed by atoms with Gasteiger partial charge in [0.15, 0.2) is 0 Å². The molecule has 118 valence electrons. The fraction of sp³-hybridized carbons (Fsp3) is 0.600. The van der Waals surface area contributed by atoms with Crippen molar-refractivity contribution in [3.05, 3.63) is 23.9 Å². The van der Waals surface area contributed by atoms with Gasteiger partial charge in [-0.1, -0.05) is 13.0 Å². The lowest BCUT2D eigenvalue weighted by Gasteiger charge is -2.31. The topological polar surface area (TPSA) is 71.2 Å². The highest BCUT2D eigenvalue weighted by Crippen LogP contribution is 2.21. The highest BCUT2D eigenvalue weighted by molar-refractivity contribution is 5.85. The van der Waals surface area contributed by atoms with E-state index in [1.807, 2.05) is 18.3 Å². The van der Waals surface area contributed by atoms with Crippen molar-refractivity contribution in [2.45, 2.75) is 32.7 Å². The molecule has 0 unspecified atom stereocenters. The third-order valence-corrected chi connectivity index (χ3v) is 3.78. The van der Waals surface area contributed by atoms with Gasteiger partial charge < -0.3 is 16.0 Å². The first-order chi connectivity index (χ1) is 9.69. The Bertz CT molecular complexity index is 430. The van der Waals surface area contributed by atoms with Gasteiger partial charge in [-0.25, -0.2) is 4.98 Å². The summed E-state index contributed by atoms with van der Waals surface area (Å²) in [5, 5.41) is 2.83. The Morgan fingerprint density at radius 3 is 2.71 bits per heavy atom. The van der Waals surface area contributed by atoms with Crippen molar-refractivity contribution in [3.63, 3.8) is 0 Å². The molecule has 21 heavy (non-hydrogen) atoms. The van der Waals surface area contributed by atoms with Gasteiger partial charge in [0.25, 0.3) is 0 Å². The Labute approximate surface area is 132 Å². The zero-order valence-electron chi connectivity index (χ0n) is 12.5. The summed E-state index contributed by atoms with van der Waals surface area (Å²) in [6, 6.07) is 4.07. The molecular formula is C15H25ClN4O. The first-order valence-electron chi connectivity index (χ1n) is 7.35. The number of hydrogen-bond donors (Lipinski definition) is 2. The molecule has 1 fully saturated rings. The van der Waals surface area contributed by atoms with Crippen molar-refractivity contribution in [2.75, 3.05) is 24.5 Å². The molecule has 0 spiro atoms. The number of anilines is 1. The summed E-state index contributed by atoms with van der Waals surface area (Å²) >= 11 is 0. The Morgan fingerprint density at radius 2 is 2.14 bits per heavy atom. The lowest BCUT2D eigenvalue weighted by Crippen LogP contribution is -2.33. The van der Waals surface area contributed by atoms with Crippen LogP contribution in [0.1, 0.15) is 31.7 Å². The molecule has 5 nitrogen and oxygen atoms in total. The average molecular weight is 313 g/mol. The van der Waals surface area contributed by atoms with Crippen LogP contribution in [0.3, 0.4) is 0 Å². The molecule has 2 heterocycles. The predicted octanol–water partition coefficient (Wildman–Crippen LogP) is 1.70. The standard InChI is InChI=1S/C15H24N4O.ClH/c1-12-5-8-19(9-6-12)14-3-2-13(10-17-14)11-18-15(20)4-7-16;/h2-3,10,12H,4-9,11,16H2,1H3,(H,18,20);1H. The minimum Gasteiger partial charge on any atom is -0.357 e. The molecule has 1 amide bonds. The Hall–Kier alpha value is -1.33. The molecule has 0 radical (unpaired) electrons. The number of rotatable bonds is 5. The van der Waals surface area contributed by atoms with Crippen LogP contribution in [-0.2, 0) is 11.3 Å². The quantitative estimate of drug-likeness (QED) is 0.868. The van der Waals surface area contributed by atoms with Gasteiger partial charge in [-0.15, -0.1) is 12.4 Å². The van der Waals surface area contributed by atoms with Gasteiger partial charge in [-0.2, -0.15) is 0 Å². The van der Waals surface area contributed by atoms with Gasteiger partial charge in [-0.05, 0) is 30.4 Å². The van der Waals surface area contributed by atoms with Crippen LogP contribution < -0.4 is 16.0 Å². The number of halogens is 1. The first-order valence-corrected chi connectivity index (χ1v) is 7.35. The van der Waals surface area contributed by atoms with Gasteiger partial charge >= 0.3 is 0 Å². The van der Waals surface area contributed by atoms with E-state index in [1.165, 1.54) is 12.8 Å². The second-order valence-electron chi connectivity index (χ2n) is 5.51. The maximum absolute atomic E-state index is 11.3. The molecular weight excluding hydrogens is 288 g/mol. The Balaban J connectivity index is 0.00000220. The molecule has 1 aliphatic heterocycles. The number of nitrogens with two attached hydrogens (primary N) is 1. The molecule has 1 aliphatic rings. The SMILES string of the molecule is CC1CCN(c2ccc(CNC(=O)CCN)cn2)CC1.Cl. The van der Waals surface area contributed by atoms with E-state index in [4.69, 9.17) is 5.73 Å². The Morgan fingerprint density at radius 1 is 1.43 bits per heavy atom. The van der Waals surface area contributed by atoms with E-state index in [-0.39, 0.29) is 18.3 Å². The molecule has 0 aliphatic carbocycles.